The van der Waals surface area contributed by atoms with Gasteiger partial charge in [0.05, 0.1) is 12.6 Å². The van der Waals surface area contributed by atoms with Crippen molar-refractivity contribution >= 4 is 0 Å². The van der Waals surface area contributed by atoms with Gasteiger partial charge in [-0.25, -0.2) is 0 Å². The van der Waals surface area contributed by atoms with Crippen molar-refractivity contribution in [2.75, 3.05) is 6.61 Å². The molecule has 0 aromatic rings. The molecule has 1 aliphatic rings. The summed E-state index contributed by atoms with van der Waals surface area (Å²) in [5.74, 6) is 7.09. The van der Waals surface area contributed by atoms with Gasteiger partial charge in [0.2, 0.25) is 0 Å². The Balaban J connectivity index is 0.00000172. The minimum atomic E-state index is -0.0675. The van der Waals surface area contributed by atoms with E-state index in [1.165, 1.54) is 0 Å². The Kier molecular flexibility index (Phi) is 8.41. The van der Waals surface area contributed by atoms with Crippen molar-refractivity contribution in [3.8, 4) is 11.8 Å². The zero-order valence-electron chi connectivity index (χ0n) is 13.7. The fourth-order valence-electron chi connectivity index (χ4n) is 2.95. The summed E-state index contributed by atoms with van der Waals surface area (Å²) in [6.07, 6.45) is 3.35. The molecule has 1 rings (SSSR count). The largest absolute Gasteiger partial charge is 0.392 e. The van der Waals surface area contributed by atoms with Crippen LogP contribution in [0.4, 0.5) is 0 Å². The summed E-state index contributed by atoms with van der Waals surface area (Å²) in [6, 6.07) is -0.0675. The van der Waals surface area contributed by atoms with E-state index in [1.807, 2.05) is 20.8 Å². The normalized spacial score (nSPS) is 28.6. The van der Waals surface area contributed by atoms with E-state index >= 15 is 0 Å². The summed E-state index contributed by atoms with van der Waals surface area (Å²) in [6.45, 7) is 12.4. The maximum atomic E-state index is 10.7. The lowest BCUT2D eigenvalue weighted by molar-refractivity contribution is 0.114. The van der Waals surface area contributed by atoms with Crippen LogP contribution in [0.15, 0.2) is 16.8 Å². The average Bonchev–Trinajstić information content (AvgIpc) is 2.39. The van der Waals surface area contributed by atoms with Crippen molar-refractivity contribution in [2.24, 2.45) is 22.4 Å². The molecule has 1 fully saturated rings. The van der Waals surface area contributed by atoms with Gasteiger partial charge in [0.25, 0.3) is 0 Å². The van der Waals surface area contributed by atoms with Crippen LogP contribution in [-0.2, 0) is 0 Å². The van der Waals surface area contributed by atoms with Gasteiger partial charge in [-0.2, -0.15) is 4.91 Å². The third kappa shape index (κ3) is 5.46. The van der Waals surface area contributed by atoms with Gasteiger partial charge in [-0.1, -0.05) is 51.6 Å². The second-order valence-corrected chi connectivity index (χ2v) is 5.98. The minimum absolute atomic E-state index is 0.0166. The van der Waals surface area contributed by atoms with E-state index in [0.29, 0.717) is 5.92 Å². The summed E-state index contributed by atoms with van der Waals surface area (Å²) in [4.78, 5) is 10.7. The van der Waals surface area contributed by atoms with Gasteiger partial charge in [-0.15, -0.1) is 0 Å². The summed E-state index contributed by atoms with van der Waals surface area (Å²) in [5.41, 5.74) is 0.916. The number of aliphatic hydroxyl groups excluding tert-OH is 1. The zero-order chi connectivity index (χ0) is 15.8. The molecule has 1 aliphatic carbocycles. The molecule has 0 spiro atoms. The van der Waals surface area contributed by atoms with Crippen molar-refractivity contribution < 1.29 is 5.11 Å². The quantitative estimate of drug-likeness (QED) is 0.609. The number of aliphatic hydroxyl groups is 1. The highest BCUT2D eigenvalue weighted by Crippen LogP contribution is 2.44. The second-order valence-electron chi connectivity index (χ2n) is 5.98. The fourth-order valence-corrected chi connectivity index (χ4v) is 2.95. The van der Waals surface area contributed by atoms with E-state index in [2.05, 4.69) is 37.8 Å². The third-order valence-corrected chi connectivity index (χ3v) is 3.79. The third-order valence-electron chi connectivity index (χ3n) is 3.79. The van der Waals surface area contributed by atoms with Crippen molar-refractivity contribution in [3.63, 3.8) is 0 Å². The number of hydrogen-bond donors (Lipinski definition) is 1. The smallest absolute Gasteiger partial charge is 0.0928 e. The van der Waals surface area contributed by atoms with Gasteiger partial charge in [0.15, 0.2) is 0 Å². The molecular weight excluding hydrogens is 250 g/mol. The first-order valence-electron chi connectivity index (χ1n) is 7.52. The molecule has 3 atom stereocenters. The van der Waals surface area contributed by atoms with Gasteiger partial charge < -0.3 is 5.11 Å². The summed E-state index contributed by atoms with van der Waals surface area (Å²) >= 11 is 0. The van der Waals surface area contributed by atoms with E-state index in [1.54, 1.807) is 6.08 Å². The van der Waals surface area contributed by atoms with Gasteiger partial charge in [-0.3, -0.25) is 0 Å². The molecule has 3 unspecified atom stereocenters. The van der Waals surface area contributed by atoms with Gasteiger partial charge >= 0.3 is 0 Å². The standard InChI is InChI=1S/C15H23NO2.C2H6/c1-11(7-8-17)5-6-14-12(2)9-13(16-18)10-15(14,3)4;1-2/h7,12-14,17H,8-10H2,1-4H3;1-2H3/b11-7+;. The van der Waals surface area contributed by atoms with Gasteiger partial charge in [-0.05, 0) is 42.7 Å². The highest BCUT2D eigenvalue weighted by molar-refractivity contribution is 5.28. The van der Waals surface area contributed by atoms with Crippen molar-refractivity contribution in [3.05, 3.63) is 16.6 Å². The topological polar surface area (TPSA) is 49.7 Å². The molecule has 1 N–H and O–H groups in total. The number of nitrogens with zero attached hydrogens (tertiary/aromatic N) is 1. The van der Waals surface area contributed by atoms with Gasteiger partial charge in [0, 0.05) is 5.92 Å². The Morgan fingerprint density at radius 2 is 2.05 bits per heavy atom. The maximum Gasteiger partial charge on any atom is 0.0928 e. The number of nitroso groups, excluding NO2 is 1. The van der Waals surface area contributed by atoms with Crippen LogP contribution in [-0.4, -0.2) is 17.8 Å². The van der Waals surface area contributed by atoms with E-state index in [9.17, 15) is 4.91 Å². The molecule has 0 aromatic carbocycles. The molecule has 3 nitrogen and oxygen atoms in total. The summed E-state index contributed by atoms with van der Waals surface area (Å²) in [5, 5.41) is 12.0. The molecule has 1 saturated carbocycles. The molecule has 3 heteroatoms. The molecule has 114 valence electrons. The van der Waals surface area contributed by atoms with Crippen LogP contribution >= 0.6 is 0 Å². The predicted octanol–water partition coefficient (Wildman–Crippen LogP) is 4.16. The van der Waals surface area contributed by atoms with Crippen molar-refractivity contribution in [1.29, 1.82) is 0 Å². The lowest BCUT2D eigenvalue weighted by Crippen LogP contribution is -2.38. The number of rotatable bonds is 2. The molecule has 0 aliphatic heterocycles. The van der Waals surface area contributed by atoms with Gasteiger partial charge in [0.1, 0.15) is 0 Å². The molecule has 0 radical (unpaired) electrons. The first-order valence-corrected chi connectivity index (χ1v) is 7.52. The molecular formula is C17H29NO2. The highest BCUT2D eigenvalue weighted by atomic mass is 16.3. The van der Waals surface area contributed by atoms with E-state index in [-0.39, 0.29) is 24.0 Å². The summed E-state index contributed by atoms with van der Waals surface area (Å²) < 4.78 is 0. The Labute approximate surface area is 123 Å². The molecule has 0 heterocycles. The van der Waals surface area contributed by atoms with Crippen LogP contribution in [0, 0.1) is 34.0 Å². The van der Waals surface area contributed by atoms with Crippen LogP contribution in [0.1, 0.15) is 54.4 Å². The molecule has 0 aromatic heterocycles. The number of hydrogen-bond acceptors (Lipinski definition) is 3. The summed E-state index contributed by atoms with van der Waals surface area (Å²) in [7, 11) is 0. The molecule has 20 heavy (non-hydrogen) atoms. The monoisotopic (exact) mass is 279 g/mol. The lowest BCUT2D eigenvalue weighted by atomic mass is 9.63. The van der Waals surface area contributed by atoms with Crippen LogP contribution in [0.3, 0.4) is 0 Å². The highest BCUT2D eigenvalue weighted by Gasteiger charge is 2.40. The molecule has 0 amide bonds. The van der Waals surface area contributed by atoms with E-state index in [4.69, 9.17) is 5.11 Å². The van der Waals surface area contributed by atoms with E-state index < -0.39 is 0 Å². The van der Waals surface area contributed by atoms with Crippen LogP contribution in [0.5, 0.6) is 0 Å². The Morgan fingerprint density at radius 1 is 1.45 bits per heavy atom. The average molecular weight is 279 g/mol. The molecule has 0 bridgehead atoms. The zero-order valence-corrected chi connectivity index (χ0v) is 13.7. The van der Waals surface area contributed by atoms with Crippen LogP contribution < -0.4 is 0 Å². The molecule has 0 saturated heterocycles. The Hall–Kier alpha value is -1.14. The SMILES string of the molecule is C/C(C#CC1C(C)CC(N=O)CC1(C)C)=C\CO.CC. The Bertz CT molecular complexity index is 388. The van der Waals surface area contributed by atoms with Crippen LogP contribution in [0.25, 0.3) is 0 Å². The minimum Gasteiger partial charge on any atom is -0.392 e. The maximum absolute atomic E-state index is 10.7. The van der Waals surface area contributed by atoms with Crippen LogP contribution in [0.2, 0.25) is 0 Å². The first-order chi connectivity index (χ1) is 9.40. The lowest BCUT2D eigenvalue weighted by Gasteiger charge is -2.41. The van der Waals surface area contributed by atoms with Crippen molar-refractivity contribution in [1.82, 2.24) is 0 Å². The second kappa shape index (κ2) is 8.92. The Morgan fingerprint density at radius 3 is 2.50 bits per heavy atom. The van der Waals surface area contributed by atoms with E-state index in [0.717, 1.165) is 18.4 Å². The first kappa shape index (κ1) is 18.9. The number of allylic oxidation sites excluding steroid dienone is 1. The predicted molar refractivity (Wildman–Crippen MR) is 85.2 cm³/mol. The fraction of sp³-hybridized carbons (Fsp3) is 0.765. The van der Waals surface area contributed by atoms with Crippen molar-refractivity contribution in [2.45, 2.75) is 60.4 Å².